The highest BCUT2D eigenvalue weighted by atomic mass is 19.4. The minimum absolute atomic E-state index is 0.0827. The number of halogens is 3. The molecule has 2 heterocycles. The summed E-state index contributed by atoms with van der Waals surface area (Å²) in [6.45, 7) is 1.17. The molecule has 0 aliphatic carbocycles. The number of carboxylic acid groups (broad SMARTS) is 1. The summed E-state index contributed by atoms with van der Waals surface area (Å²) in [5.41, 5.74) is -1.32. The third kappa shape index (κ3) is 2.70. The van der Waals surface area contributed by atoms with Gasteiger partial charge < -0.3 is 14.7 Å². The first kappa shape index (κ1) is 14.2. The zero-order chi connectivity index (χ0) is 15.2. The first-order chi connectivity index (χ1) is 9.84. The van der Waals surface area contributed by atoms with Gasteiger partial charge in [-0.05, 0) is 31.0 Å². The number of ether oxygens (including phenoxy) is 1. The molecule has 3 rings (SSSR count). The van der Waals surface area contributed by atoms with E-state index in [4.69, 9.17) is 9.84 Å². The van der Waals surface area contributed by atoms with E-state index in [1.807, 2.05) is 4.90 Å². The monoisotopic (exact) mass is 301 g/mol. The number of hydrogen-bond acceptors (Lipinski definition) is 3. The van der Waals surface area contributed by atoms with Crippen molar-refractivity contribution in [2.45, 2.75) is 31.2 Å². The molecular formula is C14H14F3NO3. The van der Waals surface area contributed by atoms with Crippen LogP contribution < -0.4 is 4.90 Å². The third-order valence-electron chi connectivity index (χ3n) is 3.95. The molecule has 7 heteroatoms. The Morgan fingerprint density at radius 3 is 2.38 bits per heavy atom. The number of benzene rings is 1. The second-order valence-electron chi connectivity index (χ2n) is 5.40. The molecule has 0 aromatic heterocycles. The van der Waals surface area contributed by atoms with Crippen LogP contribution in [-0.2, 0) is 10.9 Å². The molecule has 114 valence electrons. The van der Waals surface area contributed by atoms with Gasteiger partial charge in [0, 0.05) is 18.8 Å². The topological polar surface area (TPSA) is 49.8 Å². The Balaban J connectivity index is 1.94. The zero-order valence-corrected chi connectivity index (χ0v) is 11.1. The van der Waals surface area contributed by atoms with E-state index in [0.29, 0.717) is 18.8 Å². The van der Waals surface area contributed by atoms with Gasteiger partial charge in [0.1, 0.15) is 0 Å². The van der Waals surface area contributed by atoms with Crippen molar-refractivity contribution >= 4 is 11.7 Å². The normalized spacial score (nSPS) is 25.2. The largest absolute Gasteiger partial charge is 0.478 e. The summed E-state index contributed by atoms with van der Waals surface area (Å²) >= 11 is 0. The quantitative estimate of drug-likeness (QED) is 0.912. The first-order valence-electron chi connectivity index (χ1n) is 6.69. The Hall–Kier alpha value is -1.76. The predicted octanol–water partition coefficient (Wildman–Crippen LogP) is 2.77. The molecule has 0 spiro atoms. The van der Waals surface area contributed by atoms with Crippen molar-refractivity contribution in [3.8, 4) is 0 Å². The van der Waals surface area contributed by atoms with Crippen LogP contribution >= 0.6 is 0 Å². The first-order valence-corrected chi connectivity index (χ1v) is 6.69. The van der Waals surface area contributed by atoms with Crippen molar-refractivity contribution in [3.05, 3.63) is 29.3 Å². The van der Waals surface area contributed by atoms with Gasteiger partial charge in [0.2, 0.25) is 0 Å². The molecule has 2 saturated heterocycles. The van der Waals surface area contributed by atoms with Crippen LogP contribution in [0.3, 0.4) is 0 Å². The fourth-order valence-electron chi connectivity index (χ4n) is 2.98. The zero-order valence-electron chi connectivity index (χ0n) is 11.1. The van der Waals surface area contributed by atoms with Gasteiger partial charge in [-0.2, -0.15) is 13.2 Å². The average molecular weight is 301 g/mol. The Morgan fingerprint density at radius 1 is 1.24 bits per heavy atom. The van der Waals surface area contributed by atoms with E-state index in [-0.39, 0.29) is 12.2 Å². The van der Waals surface area contributed by atoms with E-state index in [0.717, 1.165) is 25.0 Å². The van der Waals surface area contributed by atoms with Crippen molar-refractivity contribution in [1.29, 1.82) is 0 Å². The number of anilines is 1. The van der Waals surface area contributed by atoms with Gasteiger partial charge in [-0.25, -0.2) is 4.79 Å². The van der Waals surface area contributed by atoms with E-state index in [1.54, 1.807) is 0 Å². The summed E-state index contributed by atoms with van der Waals surface area (Å²) in [6.07, 6.45) is -2.63. The maximum atomic E-state index is 12.8. The van der Waals surface area contributed by atoms with E-state index in [9.17, 15) is 18.0 Å². The molecule has 2 aliphatic rings. The number of carbonyl (C=O) groups is 1. The number of fused-ring (bicyclic) bond motifs is 2. The highest BCUT2D eigenvalue weighted by Gasteiger charge is 2.37. The van der Waals surface area contributed by atoms with Gasteiger partial charge in [0.25, 0.3) is 0 Å². The molecule has 4 nitrogen and oxygen atoms in total. The number of aromatic carboxylic acids is 1. The van der Waals surface area contributed by atoms with Gasteiger partial charge in [-0.3, -0.25) is 0 Å². The van der Waals surface area contributed by atoms with Crippen molar-refractivity contribution in [2.24, 2.45) is 0 Å². The fraction of sp³-hybridized carbons (Fsp3) is 0.500. The second-order valence-corrected chi connectivity index (χ2v) is 5.40. The molecular weight excluding hydrogens is 287 g/mol. The molecule has 1 aromatic rings. The summed E-state index contributed by atoms with van der Waals surface area (Å²) < 4.78 is 44.1. The molecule has 1 aromatic carbocycles. The number of alkyl halides is 3. The van der Waals surface area contributed by atoms with Gasteiger partial charge in [0.15, 0.2) is 0 Å². The van der Waals surface area contributed by atoms with Crippen LogP contribution in [0.5, 0.6) is 0 Å². The molecule has 0 amide bonds. The van der Waals surface area contributed by atoms with E-state index in [2.05, 4.69) is 0 Å². The lowest BCUT2D eigenvalue weighted by Crippen LogP contribution is -2.42. The van der Waals surface area contributed by atoms with Gasteiger partial charge in [-0.15, -0.1) is 0 Å². The summed E-state index contributed by atoms with van der Waals surface area (Å²) in [5, 5.41) is 9.02. The van der Waals surface area contributed by atoms with E-state index >= 15 is 0 Å². The smallest absolute Gasteiger partial charge is 0.417 e. The number of morpholine rings is 1. The molecule has 2 bridgehead atoms. The summed E-state index contributed by atoms with van der Waals surface area (Å²) in [4.78, 5) is 13.0. The molecule has 2 unspecified atom stereocenters. The summed E-state index contributed by atoms with van der Waals surface area (Å²) in [6, 6.07) is 3.28. The van der Waals surface area contributed by atoms with Crippen LogP contribution in [0, 0.1) is 0 Å². The van der Waals surface area contributed by atoms with Crippen molar-refractivity contribution < 1.29 is 27.8 Å². The van der Waals surface area contributed by atoms with E-state index in [1.165, 1.54) is 6.07 Å². The molecule has 0 saturated carbocycles. The molecule has 0 radical (unpaired) electrons. The van der Waals surface area contributed by atoms with Gasteiger partial charge >= 0.3 is 12.1 Å². The van der Waals surface area contributed by atoms with Crippen LogP contribution in [0.15, 0.2) is 18.2 Å². The second kappa shape index (κ2) is 4.91. The fourth-order valence-corrected chi connectivity index (χ4v) is 2.98. The Kier molecular flexibility index (Phi) is 3.32. The lowest BCUT2D eigenvalue weighted by atomic mass is 10.1. The molecule has 21 heavy (non-hydrogen) atoms. The van der Waals surface area contributed by atoms with Gasteiger partial charge in [-0.1, -0.05) is 0 Å². The molecule has 2 aliphatic heterocycles. The van der Waals surface area contributed by atoms with Crippen molar-refractivity contribution in [3.63, 3.8) is 0 Å². The summed E-state index contributed by atoms with van der Waals surface area (Å²) in [7, 11) is 0. The SMILES string of the molecule is O=C(O)c1cc(N2CC3CCC(C2)O3)ccc1C(F)(F)F. The number of rotatable bonds is 2. The number of carboxylic acids is 1. The van der Waals surface area contributed by atoms with E-state index < -0.39 is 23.3 Å². The minimum Gasteiger partial charge on any atom is -0.478 e. The average Bonchev–Trinajstić information content (AvgIpc) is 2.75. The predicted molar refractivity (Wildman–Crippen MR) is 68.5 cm³/mol. The lowest BCUT2D eigenvalue weighted by Gasteiger charge is -2.34. The standard InChI is InChI=1S/C14H14F3NO3/c15-14(16,17)12-4-1-8(5-11(12)13(19)20)18-6-9-2-3-10(7-18)21-9/h1,4-5,9-10H,2-3,6-7H2,(H,19,20). The third-order valence-corrected chi connectivity index (χ3v) is 3.95. The number of nitrogens with zero attached hydrogens (tertiary/aromatic N) is 1. The van der Waals surface area contributed by atoms with Crippen LogP contribution in [0.2, 0.25) is 0 Å². The summed E-state index contributed by atoms with van der Waals surface area (Å²) in [5.74, 6) is -1.57. The minimum atomic E-state index is -4.67. The van der Waals surface area contributed by atoms with Crippen LogP contribution in [0.4, 0.5) is 18.9 Å². The van der Waals surface area contributed by atoms with Gasteiger partial charge in [0.05, 0.1) is 23.3 Å². The van der Waals surface area contributed by atoms with Crippen molar-refractivity contribution in [2.75, 3.05) is 18.0 Å². The van der Waals surface area contributed by atoms with Crippen LogP contribution in [0.25, 0.3) is 0 Å². The van der Waals surface area contributed by atoms with Crippen LogP contribution in [0.1, 0.15) is 28.8 Å². The molecule has 2 fully saturated rings. The van der Waals surface area contributed by atoms with Crippen molar-refractivity contribution in [1.82, 2.24) is 0 Å². The number of hydrogen-bond donors (Lipinski definition) is 1. The molecule has 1 N–H and O–H groups in total. The van der Waals surface area contributed by atoms with Crippen LogP contribution in [-0.4, -0.2) is 36.4 Å². The highest BCUT2D eigenvalue weighted by Crippen LogP contribution is 2.35. The maximum absolute atomic E-state index is 12.8. The molecule has 2 atom stereocenters. The Morgan fingerprint density at radius 2 is 1.86 bits per heavy atom. The lowest BCUT2D eigenvalue weighted by molar-refractivity contribution is -0.138. The highest BCUT2D eigenvalue weighted by molar-refractivity contribution is 5.91. The Bertz CT molecular complexity index is 561. The maximum Gasteiger partial charge on any atom is 0.417 e. The Labute approximate surface area is 119 Å².